The molecule has 94 valence electrons. The van der Waals surface area contributed by atoms with Crippen LogP contribution in [0.3, 0.4) is 0 Å². The molecule has 2 rings (SSSR count). The van der Waals surface area contributed by atoms with Crippen LogP contribution < -0.4 is 0 Å². The third-order valence-electron chi connectivity index (χ3n) is 4.21. The van der Waals surface area contributed by atoms with Crippen molar-refractivity contribution in [1.29, 1.82) is 0 Å². The van der Waals surface area contributed by atoms with E-state index < -0.39 is 0 Å². The van der Waals surface area contributed by atoms with E-state index in [1.165, 1.54) is 57.8 Å². The van der Waals surface area contributed by atoms with Gasteiger partial charge in [0.05, 0.1) is 13.2 Å². The third kappa shape index (κ3) is 3.63. The van der Waals surface area contributed by atoms with Gasteiger partial charge in [0.2, 0.25) is 0 Å². The maximum absolute atomic E-state index is 6.60. The van der Waals surface area contributed by atoms with E-state index in [4.69, 9.17) is 16.3 Å². The Balaban J connectivity index is 1.87. The summed E-state index contributed by atoms with van der Waals surface area (Å²) in [5, 5.41) is 0.383. The van der Waals surface area contributed by atoms with Gasteiger partial charge in [0.15, 0.2) is 0 Å². The highest BCUT2D eigenvalue weighted by Gasteiger charge is 2.31. The van der Waals surface area contributed by atoms with E-state index in [1.807, 2.05) is 0 Å². The van der Waals surface area contributed by atoms with Gasteiger partial charge < -0.3 is 4.74 Å². The molecule has 0 N–H and O–H groups in total. The molecule has 1 saturated carbocycles. The van der Waals surface area contributed by atoms with Crippen molar-refractivity contribution in [1.82, 2.24) is 0 Å². The molecular weight excluding hydrogens is 220 g/mol. The summed E-state index contributed by atoms with van der Waals surface area (Å²) in [6, 6.07) is 0. The molecule has 0 aromatic heterocycles. The predicted molar refractivity (Wildman–Crippen MR) is 69.0 cm³/mol. The fourth-order valence-electron chi connectivity index (χ4n) is 3.12. The zero-order valence-corrected chi connectivity index (χ0v) is 11.1. The fourth-order valence-corrected chi connectivity index (χ4v) is 3.52. The first-order valence-corrected chi connectivity index (χ1v) is 7.53. The Morgan fingerprint density at radius 3 is 1.62 bits per heavy atom. The summed E-state index contributed by atoms with van der Waals surface area (Å²) in [6.07, 6.45) is 12.3. The Labute approximate surface area is 105 Å². The lowest BCUT2D eigenvalue weighted by atomic mass is 9.85. The van der Waals surface area contributed by atoms with Crippen molar-refractivity contribution in [3.63, 3.8) is 0 Å². The zero-order chi connectivity index (χ0) is 11.2. The summed E-state index contributed by atoms with van der Waals surface area (Å²) in [4.78, 5) is 0. The van der Waals surface area contributed by atoms with Crippen molar-refractivity contribution >= 4 is 11.6 Å². The molecule has 2 unspecified atom stereocenters. The molecule has 2 fully saturated rings. The smallest absolute Gasteiger partial charge is 0.0508 e. The van der Waals surface area contributed by atoms with Crippen LogP contribution in [0.15, 0.2) is 0 Å². The summed E-state index contributed by atoms with van der Waals surface area (Å²) in [5.41, 5.74) is 0. The Hall–Kier alpha value is 0.250. The summed E-state index contributed by atoms with van der Waals surface area (Å²) in [5.74, 6) is 1.25. The van der Waals surface area contributed by atoms with Crippen molar-refractivity contribution in [2.24, 2.45) is 11.8 Å². The van der Waals surface area contributed by atoms with Crippen molar-refractivity contribution in [3.05, 3.63) is 0 Å². The number of ether oxygens (including phenoxy) is 1. The highest BCUT2D eigenvalue weighted by molar-refractivity contribution is 6.21. The van der Waals surface area contributed by atoms with E-state index in [-0.39, 0.29) is 0 Å². The van der Waals surface area contributed by atoms with Gasteiger partial charge in [-0.1, -0.05) is 44.9 Å². The van der Waals surface area contributed by atoms with Gasteiger partial charge in [-0.05, 0) is 24.7 Å². The maximum Gasteiger partial charge on any atom is 0.0508 e. The van der Waals surface area contributed by atoms with Crippen LogP contribution in [0.5, 0.6) is 0 Å². The number of rotatable bonds is 0. The van der Waals surface area contributed by atoms with Gasteiger partial charge in [0.25, 0.3) is 0 Å². The molecule has 16 heavy (non-hydrogen) atoms. The largest absolute Gasteiger partial charge is 0.381 e. The number of hydrogen-bond acceptors (Lipinski definition) is 1. The average Bonchev–Trinajstić information content (AvgIpc) is 2.30. The molecule has 0 aromatic carbocycles. The van der Waals surface area contributed by atoms with Gasteiger partial charge in [-0.2, -0.15) is 0 Å². The van der Waals surface area contributed by atoms with E-state index in [1.54, 1.807) is 0 Å². The second-order valence-electron chi connectivity index (χ2n) is 5.55. The van der Waals surface area contributed by atoms with Gasteiger partial charge >= 0.3 is 0 Å². The summed E-state index contributed by atoms with van der Waals surface area (Å²) >= 11 is 6.60. The number of hydrogen-bond donors (Lipinski definition) is 0. The predicted octanol–water partition coefficient (Wildman–Crippen LogP) is 4.38. The molecule has 1 heterocycles. The number of alkyl halides is 1. The van der Waals surface area contributed by atoms with E-state index in [0.29, 0.717) is 17.2 Å². The van der Waals surface area contributed by atoms with Gasteiger partial charge in [-0.3, -0.25) is 0 Å². The molecule has 0 aromatic rings. The molecule has 2 bridgehead atoms. The van der Waals surface area contributed by atoms with Crippen LogP contribution >= 0.6 is 11.6 Å². The van der Waals surface area contributed by atoms with Gasteiger partial charge in [-0.15, -0.1) is 11.6 Å². The van der Waals surface area contributed by atoms with Crippen LogP contribution in [0.1, 0.15) is 57.8 Å². The minimum absolute atomic E-state index is 0.383. The third-order valence-corrected chi connectivity index (χ3v) is 4.93. The molecule has 1 aliphatic heterocycles. The Morgan fingerprint density at radius 2 is 1.12 bits per heavy atom. The fraction of sp³-hybridized carbons (Fsp3) is 1.00. The van der Waals surface area contributed by atoms with Gasteiger partial charge in [0, 0.05) is 5.38 Å². The minimum atomic E-state index is 0.383. The highest BCUT2D eigenvalue weighted by atomic mass is 35.5. The first-order chi connectivity index (χ1) is 7.88. The Kier molecular flexibility index (Phi) is 5.44. The van der Waals surface area contributed by atoms with Crippen LogP contribution in [-0.4, -0.2) is 18.6 Å². The van der Waals surface area contributed by atoms with Crippen LogP contribution in [0.4, 0.5) is 0 Å². The molecule has 2 atom stereocenters. The molecule has 2 aliphatic rings. The molecule has 1 saturated heterocycles. The van der Waals surface area contributed by atoms with E-state index >= 15 is 0 Å². The Morgan fingerprint density at radius 1 is 0.688 bits per heavy atom. The molecule has 2 heteroatoms. The van der Waals surface area contributed by atoms with E-state index in [9.17, 15) is 0 Å². The van der Waals surface area contributed by atoms with Gasteiger partial charge in [-0.25, -0.2) is 0 Å². The SMILES string of the molecule is ClC1C2CCCCCCCCCC1COC2. The second-order valence-corrected chi connectivity index (χ2v) is 6.06. The lowest BCUT2D eigenvalue weighted by Crippen LogP contribution is -2.36. The average molecular weight is 245 g/mol. The molecule has 1 aliphatic carbocycles. The lowest BCUT2D eigenvalue weighted by molar-refractivity contribution is 0.0113. The summed E-state index contributed by atoms with van der Waals surface area (Å²) < 4.78 is 5.73. The standard InChI is InChI=1S/C14H25ClO/c15-14-12-8-6-4-2-1-3-5-7-9-13(14)11-16-10-12/h12-14H,1-11H2. The van der Waals surface area contributed by atoms with Crippen LogP contribution in [-0.2, 0) is 4.74 Å². The normalized spacial score (nSPS) is 38.4. The van der Waals surface area contributed by atoms with Crippen LogP contribution in [0.25, 0.3) is 0 Å². The monoisotopic (exact) mass is 244 g/mol. The topological polar surface area (TPSA) is 9.23 Å². The van der Waals surface area contributed by atoms with Gasteiger partial charge in [0.1, 0.15) is 0 Å². The van der Waals surface area contributed by atoms with E-state index in [2.05, 4.69) is 0 Å². The number of fused-ring (bicyclic) bond motifs is 2. The quantitative estimate of drug-likeness (QED) is 0.575. The van der Waals surface area contributed by atoms with Crippen molar-refractivity contribution in [3.8, 4) is 0 Å². The molecular formula is C14H25ClO. The maximum atomic E-state index is 6.60. The lowest BCUT2D eigenvalue weighted by Gasteiger charge is -2.34. The van der Waals surface area contributed by atoms with Crippen molar-refractivity contribution in [2.75, 3.05) is 13.2 Å². The number of halogens is 1. The van der Waals surface area contributed by atoms with E-state index in [0.717, 1.165) is 13.2 Å². The Bertz CT molecular complexity index is 177. The first kappa shape index (κ1) is 12.7. The van der Waals surface area contributed by atoms with Crippen molar-refractivity contribution in [2.45, 2.75) is 63.2 Å². The minimum Gasteiger partial charge on any atom is -0.381 e. The highest BCUT2D eigenvalue weighted by Crippen LogP contribution is 2.33. The first-order valence-electron chi connectivity index (χ1n) is 7.10. The molecule has 0 radical (unpaired) electrons. The molecule has 0 amide bonds. The van der Waals surface area contributed by atoms with Crippen LogP contribution in [0.2, 0.25) is 0 Å². The van der Waals surface area contributed by atoms with Crippen LogP contribution in [0, 0.1) is 11.8 Å². The van der Waals surface area contributed by atoms with Crippen molar-refractivity contribution < 1.29 is 4.74 Å². The molecule has 0 spiro atoms. The second kappa shape index (κ2) is 6.86. The summed E-state index contributed by atoms with van der Waals surface area (Å²) in [7, 11) is 0. The molecule has 1 nitrogen and oxygen atoms in total. The summed E-state index contributed by atoms with van der Waals surface area (Å²) in [6.45, 7) is 1.81. The zero-order valence-electron chi connectivity index (χ0n) is 10.3.